The SMILES string of the molecule is Cc1nc(NC2CC(N)C2(C)C)cc(=O)[nH]1. The zero-order valence-corrected chi connectivity index (χ0v) is 9.87. The Bertz CT molecular complexity index is 452. The van der Waals surface area contributed by atoms with E-state index in [2.05, 4.69) is 29.1 Å². The number of nitrogens with two attached hydrogens (primary N) is 1. The predicted octanol–water partition coefficient (Wildman–Crippen LogP) is 0.616. The fourth-order valence-corrected chi connectivity index (χ4v) is 2.04. The summed E-state index contributed by atoms with van der Waals surface area (Å²) < 4.78 is 0. The van der Waals surface area contributed by atoms with Crippen molar-refractivity contribution in [2.45, 2.75) is 39.3 Å². The maximum atomic E-state index is 11.3. The number of nitrogens with zero attached hydrogens (tertiary/aromatic N) is 1. The first-order valence-corrected chi connectivity index (χ1v) is 5.49. The average Bonchev–Trinajstić information content (AvgIpc) is 2.15. The molecule has 0 spiro atoms. The maximum absolute atomic E-state index is 11.3. The van der Waals surface area contributed by atoms with Crippen LogP contribution in [0.15, 0.2) is 10.9 Å². The number of H-pyrrole nitrogens is 1. The average molecular weight is 222 g/mol. The van der Waals surface area contributed by atoms with Crippen molar-refractivity contribution >= 4 is 5.82 Å². The van der Waals surface area contributed by atoms with Gasteiger partial charge in [-0.2, -0.15) is 0 Å². The van der Waals surface area contributed by atoms with E-state index in [4.69, 9.17) is 5.73 Å². The van der Waals surface area contributed by atoms with Crippen LogP contribution in [0.3, 0.4) is 0 Å². The third-order valence-corrected chi connectivity index (χ3v) is 3.53. The second-order valence-corrected chi connectivity index (χ2v) is 5.08. The molecular weight excluding hydrogens is 204 g/mol. The molecule has 1 aromatic rings. The normalized spacial score (nSPS) is 27.2. The fourth-order valence-electron chi connectivity index (χ4n) is 2.04. The molecule has 1 aliphatic carbocycles. The molecule has 88 valence electrons. The third kappa shape index (κ3) is 1.82. The van der Waals surface area contributed by atoms with Gasteiger partial charge in [-0.15, -0.1) is 0 Å². The number of hydrogen-bond acceptors (Lipinski definition) is 4. The van der Waals surface area contributed by atoms with Crippen LogP contribution in [0.1, 0.15) is 26.1 Å². The second-order valence-electron chi connectivity index (χ2n) is 5.08. The lowest BCUT2D eigenvalue weighted by atomic mass is 9.63. The van der Waals surface area contributed by atoms with Crippen LogP contribution in [0, 0.1) is 12.3 Å². The van der Waals surface area contributed by atoms with E-state index < -0.39 is 0 Å². The lowest BCUT2D eigenvalue weighted by molar-refractivity contribution is 0.117. The van der Waals surface area contributed by atoms with E-state index in [1.165, 1.54) is 6.07 Å². The Morgan fingerprint density at radius 1 is 1.62 bits per heavy atom. The molecule has 1 fully saturated rings. The topological polar surface area (TPSA) is 83.8 Å². The van der Waals surface area contributed by atoms with Crippen LogP contribution in [0.25, 0.3) is 0 Å². The molecule has 1 aromatic heterocycles. The van der Waals surface area contributed by atoms with Crippen LogP contribution < -0.4 is 16.6 Å². The summed E-state index contributed by atoms with van der Waals surface area (Å²) in [6, 6.07) is 1.98. The molecule has 1 saturated carbocycles. The highest BCUT2D eigenvalue weighted by Crippen LogP contribution is 2.40. The molecule has 5 heteroatoms. The zero-order chi connectivity index (χ0) is 11.9. The van der Waals surface area contributed by atoms with Crippen molar-refractivity contribution in [1.82, 2.24) is 9.97 Å². The van der Waals surface area contributed by atoms with E-state index >= 15 is 0 Å². The molecule has 0 bridgehead atoms. The molecule has 4 N–H and O–H groups in total. The van der Waals surface area contributed by atoms with Gasteiger partial charge in [-0.3, -0.25) is 4.79 Å². The van der Waals surface area contributed by atoms with Gasteiger partial charge in [0.1, 0.15) is 11.6 Å². The Morgan fingerprint density at radius 3 is 2.81 bits per heavy atom. The lowest BCUT2D eigenvalue weighted by Crippen LogP contribution is -2.61. The summed E-state index contributed by atoms with van der Waals surface area (Å²) >= 11 is 0. The monoisotopic (exact) mass is 222 g/mol. The maximum Gasteiger partial charge on any atom is 0.252 e. The summed E-state index contributed by atoms with van der Waals surface area (Å²) in [5.74, 6) is 1.25. The van der Waals surface area contributed by atoms with Gasteiger partial charge in [0, 0.05) is 23.6 Å². The van der Waals surface area contributed by atoms with Crippen molar-refractivity contribution in [3.05, 3.63) is 22.2 Å². The molecule has 1 aliphatic rings. The smallest absolute Gasteiger partial charge is 0.252 e. The van der Waals surface area contributed by atoms with Gasteiger partial charge >= 0.3 is 0 Å². The number of hydrogen-bond donors (Lipinski definition) is 3. The number of nitrogens with one attached hydrogen (secondary N) is 2. The van der Waals surface area contributed by atoms with E-state index in [9.17, 15) is 4.79 Å². The van der Waals surface area contributed by atoms with Crippen LogP contribution in [-0.4, -0.2) is 22.1 Å². The van der Waals surface area contributed by atoms with Gasteiger partial charge in [-0.25, -0.2) is 4.98 Å². The minimum absolute atomic E-state index is 0.0538. The summed E-state index contributed by atoms with van der Waals surface area (Å²) in [4.78, 5) is 18.1. The molecule has 0 radical (unpaired) electrons. The Balaban J connectivity index is 2.14. The Labute approximate surface area is 94.5 Å². The fraction of sp³-hybridized carbons (Fsp3) is 0.636. The molecule has 0 aromatic carbocycles. The van der Waals surface area contributed by atoms with Crippen LogP contribution in [0.2, 0.25) is 0 Å². The molecule has 0 aliphatic heterocycles. The standard InChI is InChI=1S/C11H18N4O/c1-6-13-9(5-10(16)14-6)15-8-4-7(12)11(8,2)3/h5,7-8H,4,12H2,1-3H3,(H2,13,14,15,16). The number of anilines is 1. The predicted molar refractivity (Wildman–Crippen MR) is 63.4 cm³/mol. The van der Waals surface area contributed by atoms with Crippen LogP contribution in [-0.2, 0) is 0 Å². The first kappa shape index (κ1) is 11.1. The third-order valence-electron chi connectivity index (χ3n) is 3.53. The minimum Gasteiger partial charge on any atom is -0.366 e. The van der Waals surface area contributed by atoms with Crippen LogP contribution >= 0.6 is 0 Å². The van der Waals surface area contributed by atoms with Crippen LogP contribution in [0.5, 0.6) is 0 Å². The summed E-state index contributed by atoms with van der Waals surface area (Å²) in [6.45, 7) is 6.02. The highest BCUT2D eigenvalue weighted by molar-refractivity contribution is 5.36. The van der Waals surface area contributed by atoms with Gasteiger partial charge < -0.3 is 16.0 Å². The number of aryl methyl sites for hydroxylation is 1. The summed E-state index contributed by atoms with van der Waals surface area (Å²) in [5, 5.41) is 3.27. The summed E-state index contributed by atoms with van der Waals surface area (Å²) in [5.41, 5.74) is 5.86. The summed E-state index contributed by atoms with van der Waals surface area (Å²) in [6.07, 6.45) is 0.917. The van der Waals surface area contributed by atoms with Gasteiger partial charge in [0.05, 0.1) is 0 Å². The molecule has 0 saturated heterocycles. The largest absolute Gasteiger partial charge is 0.366 e. The highest BCUT2D eigenvalue weighted by atomic mass is 16.1. The Hall–Kier alpha value is -1.36. The lowest BCUT2D eigenvalue weighted by Gasteiger charge is -2.50. The first-order chi connectivity index (χ1) is 7.39. The molecular formula is C11H18N4O. The number of aromatic amines is 1. The van der Waals surface area contributed by atoms with Crippen molar-refractivity contribution in [3.8, 4) is 0 Å². The molecule has 1 heterocycles. The Kier molecular flexibility index (Phi) is 2.50. The van der Waals surface area contributed by atoms with Gasteiger partial charge in [0.2, 0.25) is 0 Å². The molecule has 2 rings (SSSR count). The minimum atomic E-state index is -0.128. The van der Waals surface area contributed by atoms with E-state index in [1.54, 1.807) is 6.92 Å². The van der Waals surface area contributed by atoms with Gasteiger partial charge in [0.25, 0.3) is 5.56 Å². The zero-order valence-electron chi connectivity index (χ0n) is 9.87. The highest BCUT2D eigenvalue weighted by Gasteiger charge is 2.46. The van der Waals surface area contributed by atoms with Crippen molar-refractivity contribution in [1.29, 1.82) is 0 Å². The Morgan fingerprint density at radius 2 is 2.31 bits per heavy atom. The quantitative estimate of drug-likeness (QED) is 0.684. The van der Waals surface area contributed by atoms with Crippen LogP contribution in [0.4, 0.5) is 5.82 Å². The second kappa shape index (κ2) is 3.59. The van der Waals surface area contributed by atoms with E-state index in [-0.39, 0.29) is 23.1 Å². The molecule has 0 amide bonds. The van der Waals surface area contributed by atoms with Crippen molar-refractivity contribution < 1.29 is 0 Å². The molecule has 2 atom stereocenters. The summed E-state index contributed by atoms with van der Waals surface area (Å²) in [7, 11) is 0. The van der Waals surface area contributed by atoms with Gasteiger partial charge in [0.15, 0.2) is 0 Å². The van der Waals surface area contributed by atoms with Gasteiger partial charge in [-0.05, 0) is 13.3 Å². The van der Waals surface area contributed by atoms with Crippen molar-refractivity contribution in [2.24, 2.45) is 11.1 Å². The molecule has 5 nitrogen and oxygen atoms in total. The van der Waals surface area contributed by atoms with E-state index in [0.717, 1.165) is 6.42 Å². The van der Waals surface area contributed by atoms with E-state index in [1.807, 2.05) is 0 Å². The first-order valence-electron chi connectivity index (χ1n) is 5.49. The van der Waals surface area contributed by atoms with E-state index in [0.29, 0.717) is 11.6 Å². The number of rotatable bonds is 2. The number of aromatic nitrogens is 2. The van der Waals surface area contributed by atoms with Crippen molar-refractivity contribution in [2.75, 3.05) is 5.32 Å². The molecule has 2 unspecified atom stereocenters. The molecule has 16 heavy (non-hydrogen) atoms. The van der Waals surface area contributed by atoms with Crippen molar-refractivity contribution in [3.63, 3.8) is 0 Å². The van der Waals surface area contributed by atoms with Gasteiger partial charge in [-0.1, -0.05) is 13.8 Å².